The lowest BCUT2D eigenvalue weighted by atomic mass is 10.2. The molecule has 1 unspecified atom stereocenters. The highest BCUT2D eigenvalue weighted by Gasteiger charge is 2.32. The van der Waals surface area contributed by atoms with E-state index >= 15 is 0 Å². The van der Waals surface area contributed by atoms with E-state index in [1.165, 1.54) is 16.4 Å². The summed E-state index contributed by atoms with van der Waals surface area (Å²) in [5, 5.41) is 8.78. The molecule has 1 atom stereocenters. The van der Waals surface area contributed by atoms with E-state index in [2.05, 4.69) is 11.8 Å². The van der Waals surface area contributed by atoms with Gasteiger partial charge in [-0.15, -0.1) is 0 Å². The van der Waals surface area contributed by atoms with Gasteiger partial charge in [-0.25, -0.2) is 8.42 Å². The minimum atomic E-state index is -3.66. The molecule has 21 heavy (non-hydrogen) atoms. The van der Waals surface area contributed by atoms with Crippen LogP contribution >= 0.6 is 11.6 Å². The Kier molecular flexibility index (Phi) is 5.25. The number of hydrogen-bond acceptors (Lipinski definition) is 4. The van der Waals surface area contributed by atoms with Crippen molar-refractivity contribution in [2.45, 2.75) is 17.9 Å². The van der Waals surface area contributed by atoms with Crippen LogP contribution < -0.4 is 0 Å². The molecule has 7 heteroatoms. The molecule has 1 fully saturated rings. The molecular formula is C14H16ClNO4S. The Hall–Kier alpha value is -1.10. The van der Waals surface area contributed by atoms with Crippen LogP contribution in [0.1, 0.15) is 12.5 Å². The quantitative estimate of drug-likeness (QED) is 0.825. The van der Waals surface area contributed by atoms with E-state index in [1.54, 1.807) is 13.0 Å². The molecule has 114 valence electrons. The topological polar surface area (TPSA) is 66.8 Å². The van der Waals surface area contributed by atoms with Crippen molar-refractivity contribution in [3.8, 4) is 11.8 Å². The van der Waals surface area contributed by atoms with E-state index < -0.39 is 10.0 Å². The Morgan fingerprint density at radius 2 is 2.29 bits per heavy atom. The Morgan fingerprint density at radius 1 is 1.52 bits per heavy atom. The number of rotatable bonds is 2. The highest BCUT2D eigenvalue weighted by molar-refractivity contribution is 7.89. The fourth-order valence-corrected chi connectivity index (χ4v) is 4.25. The number of halogens is 1. The van der Waals surface area contributed by atoms with Gasteiger partial charge < -0.3 is 9.84 Å². The number of morpholine rings is 1. The number of nitrogens with zero attached hydrogens (tertiary/aromatic N) is 1. The first-order valence-electron chi connectivity index (χ1n) is 6.45. The maximum Gasteiger partial charge on any atom is 0.244 e. The van der Waals surface area contributed by atoms with Gasteiger partial charge in [0.2, 0.25) is 10.0 Å². The highest BCUT2D eigenvalue weighted by atomic mass is 35.5. The zero-order chi connectivity index (χ0) is 15.5. The molecule has 1 heterocycles. The first-order valence-corrected chi connectivity index (χ1v) is 8.27. The van der Waals surface area contributed by atoms with Crippen LogP contribution in [0.5, 0.6) is 0 Å². The second-order valence-electron chi connectivity index (χ2n) is 4.64. The van der Waals surface area contributed by atoms with Crippen molar-refractivity contribution >= 4 is 21.6 Å². The van der Waals surface area contributed by atoms with Crippen LogP contribution in [0.25, 0.3) is 0 Å². The maximum atomic E-state index is 12.7. The predicted molar refractivity (Wildman–Crippen MR) is 79.6 cm³/mol. The Labute approximate surface area is 129 Å². The van der Waals surface area contributed by atoms with Gasteiger partial charge in [-0.3, -0.25) is 0 Å². The van der Waals surface area contributed by atoms with Crippen molar-refractivity contribution in [1.29, 1.82) is 0 Å². The van der Waals surface area contributed by atoms with E-state index in [1.807, 2.05) is 0 Å². The van der Waals surface area contributed by atoms with E-state index in [4.69, 9.17) is 21.4 Å². The molecule has 1 aromatic carbocycles. The standard InChI is InChI=1S/C14H16ClNO4S/c1-11-10-20-8-6-16(11)21(18,19)14-5-4-12(3-2-7-17)9-13(14)15/h4-5,9,11,17H,6-8,10H2,1H3. The van der Waals surface area contributed by atoms with Gasteiger partial charge in [0.25, 0.3) is 0 Å². The zero-order valence-electron chi connectivity index (χ0n) is 11.5. The van der Waals surface area contributed by atoms with Crippen LogP contribution in [-0.2, 0) is 14.8 Å². The molecule has 1 aromatic rings. The van der Waals surface area contributed by atoms with Crippen molar-refractivity contribution in [1.82, 2.24) is 4.31 Å². The number of ether oxygens (including phenoxy) is 1. The predicted octanol–water partition coefficient (Wildman–Crippen LogP) is 1.09. The summed E-state index contributed by atoms with van der Waals surface area (Å²) in [5.74, 6) is 5.18. The molecule has 2 rings (SSSR count). The normalized spacial score (nSPS) is 19.9. The monoisotopic (exact) mass is 329 g/mol. The second-order valence-corrected chi connectivity index (χ2v) is 6.91. The van der Waals surface area contributed by atoms with Gasteiger partial charge in [0, 0.05) is 18.2 Å². The Balaban J connectivity index is 2.36. The largest absolute Gasteiger partial charge is 0.384 e. The van der Waals surface area contributed by atoms with Gasteiger partial charge in [-0.05, 0) is 25.1 Å². The minimum Gasteiger partial charge on any atom is -0.384 e. The molecule has 1 aliphatic heterocycles. The van der Waals surface area contributed by atoms with Gasteiger partial charge in [0.05, 0.1) is 18.2 Å². The summed E-state index contributed by atoms with van der Waals surface area (Å²) in [5.41, 5.74) is 0.558. The molecule has 0 aromatic heterocycles. The van der Waals surface area contributed by atoms with Crippen LogP contribution in [0, 0.1) is 11.8 Å². The fourth-order valence-electron chi connectivity index (χ4n) is 2.12. The third kappa shape index (κ3) is 3.57. The molecule has 0 spiro atoms. The SMILES string of the molecule is CC1COCCN1S(=O)(=O)c1ccc(C#CCO)cc1Cl. The maximum absolute atomic E-state index is 12.7. The molecule has 0 radical (unpaired) electrons. The van der Waals surface area contributed by atoms with Crippen molar-refractivity contribution in [3.63, 3.8) is 0 Å². The van der Waals surface area contributed by atoms with E-state index in [0.29, 0.717) is 25.3 Å². The third-order valence-corrected chi connectivity index (χ3v) is 5.63. The van der Waals surface area contributed by atoms with Crippen molar-refractivity contribution in [3.05, 3.63) is 28.8 Å². The summed E-state index contributed by atoms with van der Waals surface area (Å²) in [6, 6.07) is 4.28. The number of aliphatic hydroxyl groups is 1. The van der Waals surface area contributed by atoms with E-state index in [0.717, 1.165) is 0 Å². The fraction of sp³-hybridized carbons (Fsp3) is 0.429. The number of aliphatic hydroxyl groups excluding tert-OH is 1. The highest BCUT2D eigenvalue weighted by Crippen LogP contribution is 2.27. The lowest BCUT2D eigenvalue weighted by Crippen LogP contribution is -2.47. The lowest BCUT2D eigenvalue weighted by Gasteiger charge is -2.32. The first-order chi connectivity index (χ1) is 9.96. The first kappa shape index (κ1) is 16.3. The van der Waals surface area contributed by atoms with Gasteiger partial charge in [0.15, 0.2) is 0 Å². The molecular weight excluding hydrogens is 314 g/mol. The number of sulfonamides is 1. The Morgan fingerprint density at radius 3 is 2.90 bits per heavy atom. The van der Waals surface area contributed by atoms with Crippen molar-refractivity contribution in [2.75, 3.05) is 26.4 Å². The molecule has 1 saturated heterocycles. The van der Waals surface area contributed by atoms with Gasteiger partial charge in [-0.1, -0.05) is 23.4 Å². The van der Waals surface area contributed by atoms with Crippen molar-refractivity contribution in [2.24, 2.45) is 0 Å². The zero-order valence-corrected chi connectivity index (χ0v) is 13.1. The van der Waals surface area contributed by atoms with Crippen LogP contribution in [-0.4, -0.2) is 50.2 Å². The van der Waals surface area contributed by atoms with Gasteiger partial charge >= 0.3 is 0 Å². The Bertz CT molecular complexity index is 678. The number of hydrogen-bond donors (Lipinski definition) is 1. The summed E-state index contributed by atoms with van der Waals surface area (Å²) >= 11 is 6.09. The lowest BCUT2D eigenvalue weighted by molar-refractivity contribution is 0.0393. The molecule has 0 saturated carbocycles. The van der Waals surface area contributed by atoms with E-state index in [-0.39, 0.29) is 22.6 Å². The van der Waals surface area contributed by atoms with Crippen LogP contribution in [0.3, 0.4) is 0 Å². The molecule has 0 amide bonds. The van der Waals surface area contributed by atoms with Gasteiger partial charge in [-0.2, -0.15) is 4.31 Å². The summed E-state index contributed by atoms with van der Waals surface area (Å²) < 4.78 is 32.0. The average Bonchev–Trinajstić information content (AvgIpc) is 2.45. The average molecular weight is 330 g/mol. The molecule has 0 aliphatic carbocycles. The smallest absolute Gasteiger partial charge is 0.244 e. The van der Waals surface area contributed by atoms with E-state index in [9.17, 15) is 8.42 Å². The summed E-state index contributed by atoms with van der Waals surface area (Å²) in [4.78, 5) is 0.0625. The second kappa shape index (κ2) is 6.77. The van der Waals surface area contributed by atoms with Crippen molar-refractivity contribution < 1.29 is 18.3 Å². The van der Waals surface area contributed by atoms with Crippen LogP contribution in [0.2, 0.25) is 5.02 Å². The summed E-state index contributed by atoms with van der Waals surface area (Å²) in [7, 11) is -3.66. The van der Waals surface area contributed by atoms with Crippen LogP contribution in [0.4, 0.5) is 0 Å². The van der Waals surface area contributed by atoms with Gasteiger partial charge in [0.1, 0.15) is 11.5 Å². The summed E-state index contributed by atoms with van der Waals surface area (Å²) in [6.45, 7) is 2.60. The molecule has 1 aliphatic rings. The summed E-state index contributed by atoms with van der Waals surface area (Å²) in [6.07, 6.45) is 0. The third-order valence-electron chi connectivity index (χ3n) is 3.14. The number of benzene rings is 1. The molecule has 0 bridgehead atoms. The van der Waals surface area contributed by atoms with Crippen LogP contribution in [0.15, 0.2) is 23.1 Å². The molecule has 5 nitrogen and oxygen atoms in total. The molecule has 1 N–H and O–H groups in total. The minimum absolute atomic E-state index is 0.0625.